The fourth-order valence-corrected chi connectivity index (χ4v) is 2.51. The van der Waals surface area contributed by atoms with Gasteiger partial charge in [0.05, 0.1) is 5.54 Å². The van der Waals surface area contributed by atoms with Crippen LogP contribution in [0.2, 0.25) is 0 Å². The van der Waals surface area contributed by atoms with Crippen molar-refractivity contribution in [3.63, 3.8) is 0 Å². The number of hydrogen-bond donors (Lipinski definition) is 1. The number of nitrogens with zero attached hydrogens (tertiary/aromatic N) is 1. The second-order valence-electron chi connectivity index (χ2n) is 3.69. The monoisotopic (exact) mass is 165 g/mol. The standard InChI is InChI=1S/C10H15NO/c12-9-3-6-10-4-1-7-11(10)8-2-5-10/h12H,1-2,4-5,7-9H2. The first-order valence-electron chi connectivity index (χ1n) is 4.73. The molecule has 0 spiro atoms. The Morgan fingerprint density at radius 3 is 2.50 bits per heavy atom. The molecule has 0 aliphatic carbocycles. The van der Waals surface area contributed by atoms with Crippen molar-refractivity contribution in [2.45, 2.75) is 31.2 Å². The number of hydrogen-bond acceptors (Lipinski definition) is 2. The lowest BCUT2D eigenvalue weighted by molar-refractivity contribution is 0.260. The maximum atomic E-state index is 8.65. The summed E-state index contributed by atoms with van der Waals surface area (Å²) in [4.78, 5) is 2.48. The molecule has 1 N–H and O–H groups in total. The van der Waals surface area contributed by atoms with E-state index in [0.717, 1.165) is 0 Å². The van der Waals surface area contributed by atoms with Gasteiger partial charge >= 0.3 is 0 Å². The summed E-state index contributed by atoms with van der Waals surface area (Å²) in [6.45, 7) is 2.43. The summed E-state index contributed by atoms with van der Waals surface area (Å²) in [6.07, 6.45) is 4.97. The van der Waals surface area contributed by atoms with Crippen molar-refractivity contribution < 1.29 is 5.11 Å². The molecular weight excluding hydrogens is 150 g/mol. The Kier molecular flexibility index (Phi) is 2.08. The highest BCUT2D eigenvalue weighted by molar-refractivity contribution is 5.22. The van der Waals surface area contributed by atoms with Gasteiger partial charge in [-0.3, -0.25) is 4.90 Å². The van der Waals surface area contributed by atoms with E-state index in [1.54, 1.807) is 0 Å². The summed E-state index contributed by atoms with van der Waals surface area (Å²) in [5, 5.41) is 8.65. The third-order valence-electron chi connectivity index (χ3n) is 3.04. The molecule has 0 aromatic rings. The van der Waals surface area contributed by atoms with E-state index in [-0.39, 0.29) is 12.1 Å². The maximum Gasteiger partial charge on any atom is 0.104 e. The summed E-state index contributed by atoms with van der Waals surface area (Å²) in [7, 11) is 0. The molecule has 0 saturated carbocycles. The first-order chi connectivity index (χ1) is 5.87. The zero-order valence-corrected chi connectivity index (χ0v) is 7.34. The SMILES string of the molecule is OCC#CC12CCCN1CCC2. The molecule has 2 rings (SSSR count). The van der Waals surface area contributed by atoms with Crippen molar-refractivity contribution in [1.29, 1.82) is 0 Å². The molecule has 0 amide bonds. The van der Waals surface area contributed by atoms with Crippen LogP contribution in [0.5, 0.6) is 0 Å². The molecule has 0 bridgehead atoms. The molecule has 0 aromatic carbocycles. The maximum absolute atomic E-state index is 8.65. The first-order valence-corrected chi connectivity index (χ1v) is 4.73. The van der Waals surface area contributed by atoms with Gasteiger partial charge < -0.3 is 5.11 Å². The first kappa shape index (κ1) is 8.10. The lowest BCUT2D eigenvalue weighted by Crippen LogP contribution is -2.36. The van der Waals surface area contributed by atoms with Gasteiger partial charge in [0, 0.05) is 0 Å². The zero-order valence-electron chi connectivity index (χ0n) is 7.34. The van der Waals surface area contributed by atoms with E-state index in [0.29, 0.717) is 0 Å². The molecule has 0 atom stereocenters. The van der Waals surface area contributed by atoms with Gasteiger partial charge in [-0.2, -0.15) is 0 Å². The van der Waals surface area contributed by atoms with Gasteiger partial charge in [-0.05, 0) is 38.8 Å². The Balaban J connectivity index is 2.16. The van der Waals surface area contributed by atoms with Crippen molar-refractivity contribution in [3.05, 3.63) is 0 Å². The summed E-state index contributed by atoms with van der Waals surface area (Å²) in [6, 6.07) is 0. The molecule has 2 heteroatoms. The number of aliphatic hydroxyl groups is 1. The third kappa shape index (κ3) is 1.14. The summed E-state index contributed by atoms with van der Waals surface area (Å²) in [5.41, 5.74) is 0.169. The van der Waals surface area contributed by atoms with E-state index < -0.39 is 0 Å². The van der Waals surface area contributed by atoms with Crippen molar-refractivity contribution in [1.82, 2.24) is 4.90 Å². The van der Waals surface area contributed by atoms with Crippen LogP contribution in [0.15, 0.2) is 0 Å². The van der Waals surface area contributed by atoms with Crippen LogP contribution in [0.1, 0.15) is 25.7 Å². The van der Waals surface area contributed by atoms with E-state index >= 15 is 0 Å². The molecular formula is C10H15NO. The molecule has 0 aromatic heterocycles. The molecule has 0 unspecified atom stereocenters. The quantitative estimate of drug-likeness (QED) is 0.532. The number of fused-ring (bicyclic) bond motifs is 1. The molecule has 2 aliphatic rings. The smallest absolute Gasteiger partial charge is 0.104 e. The van der Waals surface area contributed by atoms with Gasteiger partial charge in [-0.15, -0.1) is 0 Å². The van der Waals surface area contributed by atoms with Crippen LogP contribution in [0.3, 0.4) is 0 Å². The molecule has 66 valence electrons. The van der Waals surface area contributed by atoms with Crippen molar-refractivity contribution in [3.8, 4) is 11.8 Å². The second kappa shape index (κ2) is 3.08. The highest BCUT2D eigenvalue weighted by atomic mass is 16.2. The second-order valence-corrected chi connectivity index (χ2v) is 3.69. The summed E-state index contributed by atoms with van der Waals surface area (Å²) >= 11 is 0. The van der Waals surface area contributed by atoms with Gasteiger partial charge in [-0.1, -0.05) is 11.8 Å². The third-order valence-corrected chi connectivity index (χ3v) is 3.04. The Morgan fingerprint density at radius 1 is 1.25 bits per heavy atom. The lowest BCUT2D eigenvalue weighted by Gasteiger charge is -2.25. The van der Waals surface area contributed by atoms with Crippen molar-refractivity contribution in [2.24, 2.45) is 0 Å². The van der Waals surface area contributed by atoms with Crippen LogP contribution in [0.4, 0.5) is 0 Å². The van der Waals surface area contributed by atoms with Crippen molar-refractivity contribution in [2.75, 3.05) is 19.7 Å². The van der Waals surface area contributed by atoms with Gasteiger partial charge in [0.15, 0.2) is 0 Å². The van der Waals surface area contributed by atoms with Crippen LogP contribution < -0.4 is 0 Å². The average molecular weight is 165 g/mol. The average Bonchev–Trinajstić information content (AvgIpc) is 2.58. The molecule has 2 heterocycles. The Hall–Kier alpha value is -0.520. The normalized spacial score (nSPS) is 26.4. The van der Waals surface area contributed by atoms with Crippen LogP contribution in [0.25, 0.3) is 0 Å². The fraction of sp³-hybridized carbons (Fsp3) is 0.800. The number of aliphatic hydroxyl groups excluding tert-OH is 1. The largest absolute Gasteiger partial charge is 0.384 e. The van der Waals surface area contributed by atoms with E-state index in [1.807, 2.05) is 0 Å². The van der Waals surface area contributed by atoms with E-state index in [9.17, 15) is 0 Å². The van der Waals surface area contributed by atoms with Crippen LogP contribution in [0, 0.1) is 11.8 Å². The van der Waals surface area contributed by atoms with Gasteiger partial charge in [-0.25, -0.2) is 0 Å². The highest BCUT2D eigenvalue weighted by Crippen LogP contribution is 2.37. The topological polar surface area (TPSA) is 23.5 Å². The fourth-order valence-electron chi connectivity index (χ4n) is 2.51. The van der Waals surface area contributed by atoms with Gasteiger partial charge in [0.25, 0.3) is 0 Å². The summed E-state index contributed by atoms with van der Waals surface area (Å²) < 4.78 is 0. The zero-order chi connectivity index (χ0) is 8.44. The predicted octanol–water partition coefficient (Wildman–Crippen LogP) is 0.610. The van der Waals surface area contributed by atoms with Gasteiger partial charge in [0.1, 0.15) is 6.61 Å². The molecule has 2 fully saturated rings. The Morgan fingerprint density at radius 2 is 1.92 bits per heavy atom. The van der Waals surface area contributed by atoms with Gasteiger partial charge in [0.2, 0.25) is 0 Å². The minimum atomic E-state index is 0.00951. The Labute approximate surface area is 73.6 Å². The lowest BCUT2D eigenvalue weighted by atomic mass is 9.95. The minimum Gasteiger partial charge on any atom is -0.384 e. The molecule has 12 heavy (non-hydrogen) atoms. The molecule has 2 aliphatic heterocycles. The van der Waals surface area contributed by atoms with E-state index in [2.05, 4.69) is 16.7 Å². The van der Waals surface area contributed by atoms with E-state index in [1.165, 1.54) is 38.8 Å². The van der Waals surface area contributed by atoms with Crippen LogP contribution >= 0.6 is 0 Å². The predicted molar refractivity (Wildman–Crippen MR) is 47.6 cm³/mol. The molecule has 0 radical (unpaired) electrons. The van der Waals surface area contributed by atoms with Crippen LogP contribution in [-0.4, -0.2) is 35.2 Å². The Bertz CT molecular complexity index is 216. The van der Waals surface area contributed by atoms with E-state index in [4.69, 9.17) is 5.11 Å². The molecule has 2 nitrogen and oxygen atoms in total. The minimum absolute atomic E-state index is 0.00951. The molecule has 2 saturated heterocycles. The summed E-state index contributed by atoms with van der Waals surface area (Å²) in [5.74, 6) is 6.05. The van der Waals surface area contributed by atoms with Crippen LogP contribution in [-0.2, 0) is 0 Å². The number of rotatable bonds is 0. The van der Waals surface area contributed by atoms with Crippen molar-refractivity contribution >= 4 is 0 Å². The highest BCUT2D eigenvalue weighted by Gasteiger charge is 2.42.